The van der Waals surface area contributed by atoms with Gasteiger partial charge in [0.15, 0.2) is 0 Å². The Labute approximate surface area is 163 Å². The zero-order valence-electron chi connectivity index (χ0n) is 15.2. The van der Waals surface area contributed by atoms with Crippen molar-refractivity contribution in [2.75, 3.05) is 0 Å². The largest absolute Gasteiger partial charge is 0.458 e. The van der Waals surface area contributed by atoms with Crippen LogP contribution in [0.4, 0.5) is 0 Å². The van der Waals surface area contributed by atoms with E-state index in [0.29, 0.717) is 6.47 Å². The normalized spacial score (nSPS) is 12.3. The maximum Gasteiger partial charge on any atom is 0.293 e. The van der Waals surface area contributed by atoms with Crippen molar-refractivity contribution < 1.29 is 9.53 Å². The number of carbonyl (C=O) groups excluding carboxylic acids is 1. The molecule has 0 saturated carbocycles. The molecule has 1 unspecified atom stereocenters. The summed E-state index contributed by atoms with van der Waals surface area (Å²) < 4.78 is 5.77. The molecule has 0 aliphatic heterocycles. The molecule has 0 bridgehead atoms. The molecule has 0 aliphatic rings. The molecular formula is C24H20N2O2. The van der Waals surface area contributed by atoms with Gasteiger partial charge in [-0.3, -0.25) is 9.89 Å². The fourth-order valence-corrected chi connectivity index (χ4v) is 3.95. The van der Waals surface area contributed by atoms with E-state index in [4.69, 9.17) is 4.74 Å². The number of rotatable bonds is 7. The lowest BCUT2D eigenvalue weighted by Gasteiger charge is -2.41. The van der Waals surface area contributed by atoms with Gasteiger partial charge in [-0.1, -0.05) is 91.0 Å². The van der Waals surface area contributed by atoms with Crippen LogP contribution in [-0.4, -0.2) is 16.7 Å². The lowest BCUT2D eigenvalue weighted by molar-refractivity contribution is -0.136. The number of hydrogen-bond donors (Lipinski definition) is 1. The first-order chi connectivity index (χ1) is 13.9. The molecule has 3 aromatic carbocycles. The highest BCUT2D eigenvalue weighted by atomic mass is 16.5. The topological polar surface area (TPSA) is 55.0 Å². The van der Waals surface area contributed by atoms with Crippen LogP contribution in [0, 0.1) is 0 Å². The third-order valence-corrected chi connectivity index (χ3v) is 5.09. The SMILES string of the molecule is O=COC(c1cn[nH]c1)C(c1ccccc1)(c1ccccc1)c1ccccc1. The minimum atomic E-state index is -0.742. The number of ether oxygens (including phenoxy) is 1. The van der Waals surface area contributed by atoms with Gasteiger partial charge in [0.2, 0.25) is 0 Å². The van der Waals surface area contributed by atoms with E-state index in [9.17, 15) is 4.79 Å². The molecule has 1 aromatic heterocycles. The summed E-state index contributed by atoms with van der Waals surface area (Å²) in [5, 5.41) is 6.95. The highest BCUT2D eigenvalue weighted by Crippen LogP contribution is 2.49. The molecule has 28 heavy (non-hydrogen) atoms. The predicted octanol–water partition coefficient (Wildman–Crippen LogP) is 4.66. The Balaban J connectivity index is 2.10. The third kappa shape index (κ3) is 2.99. The van der Waals surface area contributed by atoms with Gasteiger partial charge in [0.1, 0.15) is 6.10 Å². The van der Waals surface area contributed by atoms with Gasteiger partial charge >= 0.3 is 0 Å². The summed E-state index contributed by atoms with van der Waals surface area (Å²) in [6.07, 6.45) is 2.88. The smallest absolute Gasteiger partial charge is 0.293 e. The fourth-order valence-electron chi connectivity index (χ4n) is 3.95. The summed E-state index contributed by atoms with van der Waals surface area (Å²) in [6, 6.07) is 30.4. The number of nitrogens with one attached hydrogen (secondary N) is 1. The van der Waals surface area contributed by atoms with Gasteiger partial charge in [0.05, 0.1) is 11.6 Å². The standard InChI is InChI=1S/C24H20N2O2/c27-18-28-23(19-16-25-26-17-19)24(20-10-4-1-5-11-20,21-12-6-2-7-13-21)22-14-8-3-9-15-22/h1-18,23H,(H,25,26). The third-order valence-electron chi connectivity index (χ3n) is 5.09. The first-order valence-electron chi connectivity index (χ1n) is 9.11. The maximum absolute atomic E-state index is 11.6. The Morgan fingerprint density at radius 2 is 1.25 bits per heavy atom. The van der Waals surface area contributed by atoms with Crippen LogP contribution < -0.4 is 0 Å². The number of hydrogen-bond acceptors (Lipinski definition) is 3. The van der Waals surface area contributed by atoms with E-state index in [-0.39, 0.29) is 0 Å². The quantitative estimate of drug-likeness (QED) is 0.381. The van der Waals surface area contributed by atoms with Crippen LogP contribution >= 0.6 is 0 Å². The second-order valence-corrected chi connectivity index (χ2v) is 6.55. The molecule has 0 amide bonds. The summed E-state index contributed by atoms with van der Waals surface area (Å²) in [4.78, 5) is 11.6. The average molecular weight is 368 g/mol. The fraction of sp³-hybridized carbons (Fsp3) is 0.0833. The van der Waals surface area contributed by atoms with Crippen LogP contribution in [0.2, 0.25) is 0 Å². The van der Waals surface area contributed by atoms with Crippen LogP contribution in [0.1, 0.15) is 28.4 Å². The molecule has 1 N–H and O–H groups in total. The number of H-pyrrole nitrogens is 1. The van der Waals surface area contributed by atoms with Gasteiger partial charge in [0, 0.05) is 11.8 Å². The summed E-state index contributed by atoms with van der Waals surface area (Å²) in [7, 11) is 0. The highest BCUT2D eigenvalue weighted by molar-refractivity contribution is 5.55. The number of aromatic nitrogens is 2. The summed E-state index contributed by atoms with van der Waals surface area (Å²) in [5.41, 5.74) is 3.14. The van der Waals surface area contributed by atoms with E-state index in [1.54, 1.807) is 12.4 Å². The number of benzene rings is 3. The molecule has 1 atom stereocenters. The number of carbonyl (C=O) groups is 1. The van der Waals surface area contributed by atoms with Gasteiger partial charge in [-0.15, -0.1) is 0 Å². The van der Waals surface area contributed by atoms with E-state index in [1.165, 1.54) is 0 Å². The molecule has 4 nitrogen and oxygen atoms in total. The molecule has 138 valence electrons. The Morgan fingerprint density at radius 1 is 0.786 bits per heavy atom. The molecule has 0 saturated heterocycles. The zero-order valence-corrected chi connectivity index (χ0v) is 15.2. The van der Waals surface area contributed by atoms with Gasteiger partial charge in [0.25, 0.3) is 6.47 Å². The van der Waals surface area contributed by atoms with Crippen molar-refractivity contribution in [2.45, 2.75) is 11.5 Å². The summed E-state index contributed by atoms with van der Waals surface area (Å²) >= 11 is 0. The van der Waals surface area contributed by atoms with Crippen LogP contribution in [0.3, 0.4) is 0 Å². The second kappa shape index (κ2) is 7.92. The van der Waals surface area contributed by atoms with Crippen LogP contribution in [0.15, 0.2) is 103 Å². The average Bonchev–Trinajstić information content (AvgIpc) is 3.30. The summed E-state index contributed by atoms with van der Waals surface area (Å²) in [5.74, 6) is 0. The minimum Gasteiger partial charge on any atom is -0.458 e. The van der Waals surface area contributed by atoms with Crippen LogP contribution in [0.25, 0.3) is 0 Å². The Hall–Kier alpha value is -3.66. The van der Waals surface area contributed by atoms with Crippen molar-refractivity contribution in [3.05, 3.63) is 126 Å². The van der Waals surface area contributed by atoms with Crippen molar-refractivity contribution in [3.8, 4) is 0 Å². The monoisotopic (exact) mass is 368 g/mol. The van der Waals surface area contributed by atoms with Gasteiger partial charge in [-0.25, -0.2) is 0 Å². The number of nitrogens with zero attached hydrogens (tertiary/aromatic N) is 1. The van der Waals surface area contributed by atoms with Crippen molar-refractivity contribution in [2.24, 2.45) is 0 Å². The highest BCUT2D eigenvalue weighted by Gasteiger charge is 2.46. The molecule has 0 radical (unpaired) electrons. The molecule has 4 aromatic rings. The first-order valence-corrected chi connectivity index (χ1v) is 9.11. The molecule has 1 heterocycles. The van der Waals surface area contributed by atoms with Gasteiger partial charge < -0.3 is 4.74 Å². The first kappa shape index (κ1) is 17.7. The Kier molecular flexibility index (Phi) is 5.02. The number of aromatic amines is 1. The van der Waals surface area contributed by atoms with E-state index >= 15 is 0 Å². The van der Waals surface area contributed by atoms with E-state index < -0.39 is 11.5 Å². The lowest BCUT2D eigenvalue weighted by Crippen LogP contribution is -2.37. The Bertz CT molecular complexity index is 904. The van der Waals surface area contributed by atoms with Crippen LogP contribution in [0.5, 0.6) is 0 Å². The predicted molar refractivity (Wildman–Crippen MR) is 108 cm³/mol. The van der Waals surface area contributed by atoms with Crippen molar-refractivity contribution in [1.29, 1.82) is 0 Å². The minimum absolute atomic E-state index is 0.515. The molecule has 4 rings (SSSR count). The molecule has 0 aliphatic carbocycles. The van der Waals surface area contributed by atoms with E-state index in [2.05, 4.69) is 46.6 Å². The molecule has 4 heteroatoms. The Morgan fingerprint density at radius 3 is 1.61 bits per heavy atom. The maximum atomic E-state index is 11.6. The molecular weight excluding hydrogens is 348 g/mol. The second-order valence-electron chi connectivity index (χ2n) is 6.55. The lowest BCUT2D eigenvalue weighted by atomic mass is 9.64. The zero-order chi connectivity index (χ0) is 19.2. The van der Waals surface area contributed by atoms with Crippen molar-refractivity contribution in [3.63, 3.8) is 0 Å². The van der Waals surface area contributed by atoms with Crippen LogP contribution in [-0.2, 0) is 14.9 Å². The van der Waals surface area contributed by atoms with Crippen molar-refractivity contribution in [1.82, 2.24) is 10.2 Å². The van der Waals surface area contributed by atoms with Gasteiger partial charge in [-0.2, -0.15) is 5.10 Å². The van der Waals surface area contributed by atoms with Gasteiger partial charge in [-0.05, 0) is 16.7 Å². The molecule has 0 spiro atoms. The van der Waals surface area contributed by atoms with E-state index in [1.807, 2.05) is 54.6 Å². The molecule has 0 fully saturated rings. The summed E-state index contributed by atoms with van der Waals surface area (Å²) in [6.45, 7) is 0.515. The van der Waals surface area contributed by atoms with E-state index in [0.717, 1.165) is 22.3 Å². The van der Waals surface area contributed by atoms with Crippen molar-refractivity contribution >= 4 is 6.47 Å².